The molecule has 2 N–H and O–H groups in total. The predicted octanol–water partition coefficient (Wildman–Crippen LogP) is 4.03. The highest BCUT2D eigenvalue weighted by Crippen LogP contribution is 2.28. The van der Waals surface area contributed by atoms with Crippen LogP contribution in [0.2, 0.25) is 0 Å². The van der Waals surface area contributed by atoms with Crippen LogP contribution in [-0.2, 0) is 22.5 Å². The second kappa shape index (κ2) is 9.65. The van der Waals surface area contributed by atoms with E-state index in [2.05, 4.69) is 0 Å². The number of esters is 1. The number of nitrogens with zero attached hydrogens (tertiary/aromatic N) is 1. The molecule has 3 aromatic rings. The van der Waals surface area contributed by atoms with E-state index in [1.54, 1.807) is 6.92 Å². The normalized spacial score (nSPS) is 10.5. The number of carbonyl (C=O) groups is 2. The van der Waals surface area contributed by atoms with Crippen molar-refractivity contribution in [3.8, 4) is 5.75 Å². The van der Waals surface area contributed by atoms with Crippen molar-refractivity contribution in [3.63, 3.8) is 0 Å². The fourth-order valence-corrected chi connectivity index (χ4v) is 3.09. The van der Waals surface area contributed by atoms with Crippen molar-refractivity contribution in [1.82, 2.24) is 4.57 Å². The maximum Gasteiger partial charge on any atom is 0.418 e. The molecule has 0 aliphatic carbocycles. The van der Waals surface area contributed by atoms with Gasteiger partial charge in [0.1, 0.15) is 12.4 Å². The molecule has 0 fully saturated rings. The lowest BCUT2D eigenvalue weighted by molar-refractivity contribution is 0.0587. The van der Waals surface area contributed by atoms with Crippen LogP contribution in [0.3, 0.4) is 0 Å². The average Bonchev–Trinajstić information content (AvgIpc) is 3.09. The van der Waals surface area contributed by atoms with Crippen LogP contribution in [0, 0.1) is 0 Å². The van der Waals surface area contributed by atoms with E-state index in [1.807, 2.05) is 54.6 Å². The zero-order chi connectivity index (χ0) is 21.5. The van der Waals surface area contributed by atoms with Crippen LogP contribution in [-0.4, -0.2) is 30.3 Å². The molecule has 0 aliphatic heterocycles. The number of nitrogen functional groups attached to an aromatic ring is 1. The summed E-state index contributed by atoms with van der Waals surface area (Å²) in [5, 5.41) is 0. The highest BCUT2D eigenvalue weighted by molar-refractivity contribution is 5.98. The summed E-state index contributed by atoms with van der Waals surface area (Å²) in [6.07, 6.45) is 1.19. The number of rotatable bonds is 7. The molecule has 0 bridgehead atoms. The van der Waals surface area contributed by atoms with E-state index >= 15 is 0 Å². The quantitative estimate of drug-likeness (QED) is 0.594. The zero-order valence-corrected chi connectivity index (χ0v) is 17.0. The minimum Gasteiger partial charge on any atom is -0.489 e. The van der Waals surface area contributed by atoms with E-state index < -0.39 is 12.1 Å². The van der Waals surface area contributed by atoms with Gasteiger partial charge in [0.25, 0.3) is 0 Å². The van der Waals surface area contributed by atoms with Gasteiger partial charge in [-0.2, -0.15) is 0 Å². The highest BCUT2D eigenvalue weighted by Gasteiger charge is 2.25. The second-order valence-electron chi connectivity index (χ2n) is 6.54. The number of hydrogen-bond donors (Lipinski definition) is 1. The molecule has 0 atom stereocenters. The largest absolute Gasteiger partial charge is 0.489 e. The third-order valence-corrected chi connectivity index (χ3v) is 4.56. The Morgan fingerprint density at radius 1 is 1.00 bits per heavy atom. The first-order valence-electron chi connectivity index (χ1n) is 9.54. The molecule has 0 spiro atoms. The van der Waals surface area contributed by atoms with Crippen LogP contribution in [0.15, 0.2) is 60.8 Å². The van der Waals surface area contributed by atoms with E-state index in [-0.39, 0.29) is 18.0 Å². The first-order valence-corrected chi connectivity index (χ1v) is 9.54. The molecule has 1 aromatic heterocycles. The van der Waals surface area contributed by atoms with Gasteiger partial charge in [0.2, 0.25) is 0 Å². The van der Waals surface area contributed by atoms with Crippen molar-refractivity contribution in [1.29, 1.82) is 0 Å². The summed E-state index contributed by atoms with van der Waals surface area (Å²) < 4.78 is 16.9. The van der Waals surface area contributed by atoms with Gasteiger partial charge in [0.05, 0.1) is 19.4 Å². The maximum absolute atomic E-state index is 12.3. The summed E-state index contributed by atoms with van der Waals surface area (Å²) in [6.45, 7) is 2.28. The molecule has 0 amide bonds. The number of methoxy groups -OCH3 is 1. The van der Waals surface area contributed by atoms with Gasteiger partial charge in [-0.1, -0.05) is 48.5 Å². The smallest absolute Gasteiger partial charge is 0.418 e. The molecular weight excluding hydrogens is 384 g/mol. The number of hydrogen-bond acceptors (Lipinski definition) is 6. The molecule has 1 heterocycles. The van der Waals surface area contributed by atoms with Gasteiger partial charge in [-0.3, -0.25) is 0 Å². The second-order valence-corrected chi connectivity index (χ2v) is 6.54. The van der Waals surface area contributed by atoms with Crippen LogP contribution < -0.4 is 10.5 Å². The van der Waals surface area contributed by atoms with Crippen molar-refractivity contribution in [3.05, 3.63) is 83.2 Å². The monoisotopic (exact) mass is 408 g/mol. The molecule has 2 aromatic carbocycles. The summed E-state index contributed by atoms with van der Waals surface area (Å²) in [4.78, 5) is 24.5. The van der Waals surface area contributed by atoms with Gasteiger partial charge < -0.3 is 19.9 Å². The number of benzene rings is 2. The standard InChI is InChI=1S/C23H24N2O5/c1-3-29-23(27)25-14-18(20(24)21(25)22(26)28-2)13-17-11-7-8-12-19(17)30-15-16-9-5-4-6-10-16/h4-12,14H,3,13,15,24H2,1-2H3. The molecule has 7 nitrogen and oxygen atoms in total. The number of anilines is 1. The Balaban J connectivity index is 1.89. The number of para-hydroxylation sites is 1. The Morgan fingerprint density at radius 3 is 2.40 bits per heavy atom. The van der Waals surface area contributed by atoms with Gasteiger partial charge in [-0.05, 0) is 29.7 Å². The predicted molar refractivity (Wildman–Crippen MR) is 113 cm³/mol. The van der Waals surface area contributed by atoms with Crippen molar-refractivity contribution < 1.29 is 23.8 Å². The van der Waals surface area contributed by atoms with E-state index in [9.17, 15) is 9.59 Å². The molecule has 0 saturated carbocycles. The van der Waals surface area contributed by atoms with E-state index in [0.29, 0.717) is 24.3 Å². The summed E-state index contributed by atoms with van der Waals surface area (Å²) in [6, 6.07) is 17.4. The maximum atomic E-state index is 12.3. The number of carbonyl (C=O) groups excluding carboxylic acids is 2. The lowest BCUT2D eigenvalue weighted by atomic mass is 10.0. The van der Waals surface area contributed by atoms with Crippen molar-refractivity contribution in [2.45, 2.75) is 20.0 Å². The number of ether oxygens (including phenoxy) is 3. The minimum absolute atomic E-state index is 0.0476. The Kier molecular flexibility index (Phi) is 6.75. The Labute approximate surface area is 175 Å². The zero-order valence-electron chi connectivity index (χ0n) is 17.0. The SMILES string of the molecule is CCOC(=O)n1cc(Cc2ccccc2OCc2ccccc2)c(N)c1C(=O)OC. The van der Waals surface area contributed by atoms with Crippen LogP contribution >= 0.6 is 0 Å². The van der Waals surface area contributed by atoms with E-state index in [0.717, 1.165) is 15.7 Å². The van der Waals surface area contributed by atoms with Crippen LogP contribution in [0.25, 0.3) is 0 Å². The fourth-order valence-electron chi connectivity index (χ4n) is 3.09. The lowest BCUT2D eigenvalue weighted by Gasteiger charge is -2.11. The Bertz CT molecular complexity index is 1030. The first kappa shape index (κ1) is 21.0. The average molecular weight is 408 g/mol. The summed E-state index contributed by atoms with van der Waals surface area (Å²) in [5.74, 6) is -0.00956. The van der Waals surface area contributed by atoms with Crippen LogP contribution in [0.5, 0.6) is 5.75 Å². The summed E-state index contributed by atoms with van der Waals surface area (Å²) in [5.41, 5.74) is 8.85. The number of nitrogens with two attached hydrogens (primary N) is 1. The van der Waals surface area contributed by atoms with Crippen molar-refractivity contribution >= 4 is 17.7 Å². The molecule has 0 radical (unpaired) electrons. The first-order chi connectivity index (χ1) is 14.5. The lowest BCUT2D eigenvalue weighted by Crippen LogP contribution is -2.19. The topological polar surface area (TPSA) is 92.8 Å². The van der Waals surface area contributed by atoms with Gasteiger partial charge in [0.15, 0.2) is 5.69 Å². The highest BCUT2D eigenvalue weighted by atomic mass is 16.6. The van der Waals surface area contributed by atoms with Gasteiger partial charge in [-0.25, -0.2) is 14.2 Å². The molecule has 156 valence electrons. The molecule has 3 rings (SSSR count). The van der Waals surface area contributed by atoms with Crippen molar-refractivity contribution in [2.24, 2.45) is 0 Å². The van der Waals surface area contributed by atoms with Gasteiger partial charge in [-0.15, -0.1) is 0 Å². The van der Waals surface area contributed by atoms with Gasteiger partial charge in [0, 0.05) is 12.6 Å². The summed E-state index contributed by atoms with van der Waals surface area (Å²) >= 11 is 0. The third-order valence-electron chi connectivity index (χ3n) is 4.56. The van der Waals surface area contributed by atoms with E-state index in [4.69, 9.17) is 19.9 Å². The number of aromatic nitrogens is 1. The minimum atomic E-state index is -0.708. The van der Waals surface area contributed by atoms with E-state index in [1.165, 1.54) is 13.3 Å². The fraction of sp³-hybridized carbons (Fsp3) is 0.217. The molecular formula is C23H24N2O5. The summed E-state index contributed by atoms with van der Waals surface area (Å²) in [7, 11) is 1.23. The molecule has 0 aliphatic rings. The molecule has 0 unspecified atom stereocenters. The van der Waals surface area contributed by atoms with Crippen molar-refractivity contribution in [2.75, 3.05) is 19.5 Å². The molecule has 30 heavy (non-hydrogen) atoms. The van der Waals surface area contributed by atoms with Gasteiger partial charge >= 0.3 is 12.1 Å². The third kappa shape index (κ3) is 4.63. The Morgan fingerprint density at radius 2 is 1.70 bits per heavy atom. The van der Waals surface area contributed by atoms with Crippen LogP contribution in [0.1, 0.15) is 34.1 Å². The van der Waals surface area contributed by atoms with Crippen LogP contribution in [0.4, 0.5) is 10.5 Å². The molecule has 0 saturated heterocycles. The Hall–Kier alpha value is -3.74. The molecule has 7 heteroatoms.